The van der Waals surface area contributed by atoms with E-state index in [2.05, 4.69) is 29.7 Å². The smallest absolute Gasteiger partial charge is 0.395 e. The van der Waals surface area contributed by atoms with Crippen LogP contribution in [-0.2, 0) is 0 Å². The van der Waals surface area contributed by atoms with Crippen LogP contribution in [0.5, 0.6) is 11.5 Å². The highest BCUT2D eigenvalue weighted by atomic mass is 19.3. The standard InChI is InChI=1S/C14H8F2N4O3/c15-14(16)22-10-4-8-9(5-11(10)23-14)19-13(18-8)20-12(21)7-2-1-3-17-6-7/h1-6H,(H2,18,19,20,21). The quantitative estimate of drug-likeness (QED) is 0.758. The summed E-state index contributed by atoms with van der Waals surface area (Å²) in [4.78, 5) is 22.8. The van der Waals surface area contributed by atoms with Crippen LogP contribution in [0, 0.1) is 0 Å². The van der Waals surface area contributed by atoms with Crippen molar-refractivity contribution in [2.45, 2.75) is 6.29 Å². The first-order valence-corrected chi connectivity index (χ1v) is 6.51. The molecule has 0 unspecified atom stereocenters. The molecule has 0 radical (unpaired) electrons. The Balaban J connectivity index is 1.62. The lowest BCUT2D eigenvalue weighted by molar-refractivity contribution is -0.286. The molecule has 0 aliphatic carbocycles. The fraction of sp³-hybridized carbons (Fsp3) is 0.0714. The topological polar surface area (TPSA) is 89.1 Å². The third kappa shape index (κ3) is 2.41. The van der Waals surface area contributed by atoms with Gasteiger partial charge in [0.25, 0.3) is 5.91 Å². The van der Waals surface area contributed by atoms with Crippen molar-refractivity contribution >= 4 is 22.9 Å². The summed E-state index contributed by atoms with van der Waals surface area (Å²) in [6, 6.07) is 5.87. The van der Waals surface area contributed by atoms with Crippen molar-refractivity contribution in [3.8, 4) is 11.5 Å². The molecular formula is C14H8F2N4O3. The molecular weight excluding hydrogens is 310 g/mol. The molecule has 3 heterocycles. The number of ether oxygens (including phenoxy) is 2. The van der Waals surface area contributed by atoms with E-state index in [-0.39, 0.29) is 17.4 Å². The van der Waals surface area contributed by atoms with E-state index in [1.165, 1.54) is 18.3 Å². The minimum Gasteiger partial charge on any atom is -0.395 e. The Morgan fingerprint density at radius 2 is 2.04 bits per heavy atom. The molecule has 1 amide bonds. The van der Waals surface area contributed by atoms with Crippen molar-refractivity contribution in [1.29, 1.82) is 0 Å². The van der Waals surface area contributed by atoms with Crippen LogP contribution in [0.3, 0.4) is 0 Å². The summed E-state index contributed by atoms with van der Waals surface area (Å²) in [6.45, 7) is 0. The van der Waals surface area contributed by atoms with Crippen LogP contribution in [0.25, 0.3) is 11.0 Å². The lowest BCUT2D eigenvalue weighted by atomic mass is 10.3. The summed E-state index contributed by atoms with van der Waals surface area (Å²) in [7, 11) is 0. The Labute approximate surface area is 127 Å². The van der Waals surface area contributed by atoms with E-state index in [0.29, 0.717) is 16.6 Å². The van der Waals surface area contributed by atoms with Crippen molar-refractivity contribution < 1.29 is 23.0 Å². The van der Waals surface area contributed by atoms with Crippen LogP contribution in [-0.4, -0.2) is 27.2 Å². The van der Waals surface area contributed by atoms with Crippen molar-refractivity contribution in [1.82, 2.24) is 15.0 Å². The number of benzene rings is 1. The zero-order valence-corrected chi connectivity index (χ0v) is 11.3. The Kier molecular flexibility index (Phi) is 2.71. The van der Waals surface area contributed by atoms with Gasteiger partial charge in [-0.2, -0.15) is 0 Å². The molecule has 0 bridgehead atoms. The van der Waals surface area contributed by atoms with Crippen LogP contribution < -0.4 is 14.8 Å². The fourth-order valence-electron chi connectivity index (χ4n) is 2.19. The summed E-state index contributed by atoms with van der Waals surface area (Å²) in [5.74, 6) is -0.441. The van der Waals surface area contributed by atoms with Crippen molar-refractivity contribution in [2.75, 3.05) is 5.32 Å². The number of hydrogen-bond acceptors (Lipinski definition) is 5. The molecule has 1 aromatic carbocycles. The molecule has 2 N–H and O–H groups in total. The molecule has 1 aliphatic heterocycles. The Hall–Kier alpha value is -3.23. The predicted molar refractivity (Wildman–Crippen MR) is 74.5 cm³/mol. The van der Waals surface area contributed by atoms with Gasteiger partial charge in [0, 0.05) is 24.5 Å². The lowest BCUT2D eigenvalue weighted by Gasteiger charge is -2.04. The number of nitrogens with one attached hydrogen (secondary N) is 2. The minimum atomic E-state index is -3.68. The maximum Gasteiger partial charge on any atom is 0.586 e. The van der Waals surface area contributed by atoms with Crippen LogP contribution in [0.15, 0.2) is 36.7 Å². The number of imidazole rings is 1. The van der Waals surface area contributed by atoms with Gasteiger partial charge in [0.15, 0.2) is 11.5 Å². The van der Waals surface area contributed by atoms with E-state index < -0.39 is 12.2 Å². The van der Waals surface area contributed by atoms with Gasteiger partial charge < -0.3 is 14.5 Å². The number of aromatic amines is 1. The second kappa shape index (κ2) is 4.63. The zero-order valence-electron chi connectivity index (χ0n) is 11.3. The number of carbonyl (C=O) groups is 1. The van der Waals surface area contributed by atoms with Gasteiger partial charge in [-0.15, -0.1) is 8.78 Å². The molecule has 0 saturated heterocycles. The number of rotatable bonds is 2. The third-order valence-electron chi connectivity index (χ3n) is 3.16. The van der Waals surface area contributed by atoms with E-state index in [1.54, 1.807) is 18.3 Å². The Morgan fingerprint density at radius 3 is 2.78 bits per heavy atom. The highest BCUT2D eigenvalue weighted by Crippen LogP contribution is 2.42. The molecule has 2 aromatic heterocycles. The summed E-state index contributed by atoms with van der Waals surface area (Å²) >= 11 is 0. The largest absolute Gasteiger partial charge is 0.586 e. The van der Waals surface area contributed by atoms with Gasteiger partial charge in [-0.25, -0.2) is 4.98 Å². The number of pyridine rings is 1. The molecule has 4 rings (SSSR count). The number of hydrogen-bond donors (Lipinski definition) is 2. The summed E-state index contributed by atoms with van der Waals surface area (Å²) in [5.41, 5.74) is 1.14. The second-order valence-corrected chi connectivity index (χ2v) is 4.76. The summed E-state index contributed by atoms with van der Waals surface area (Å²) in [5, 5.41) is 2.56. The van der Waals surface area contributed by atoms with Gasteiger partial charge >= 0.3 is 6.29 Å². The number of nitrogens with zero attached hydrogens (tertiary/aromatic N) is 2. The molecule has 3 aromatic rings. The van der Waals surface area contributed by atoms with Crippen LogP contribution >= 0.6 is 0 Å². The SMILES string of the molecule is O=C(Nc1nc2cc3c(cc2[nH]1)OC(F)(F)O3)c1cccnc1. The van der Waals surface area contributed by atoms with Crippen LogP contribution in [0.2, 0.25) is 0 Å². The molecule has 9 heteroatoms. The monoisotopic (exact) mass is 318 g/mol. The maximum atomic E-state index is 13.0. The highest BCUT2D eigenvalue weighted by molar-refractivity contribution is 6.03. The number of aromatic nitrogens is 3. The first kappa shape index (κ1) is 13.4. The minimum absolute atomic E-state index is 0.101. The first-order chi connectivity index (χ1) is 11.0. The summed E-state index contributed by atoms with van der Waals surface area (Å²) in [6.07, 6.45) is -0.718. The predicted octanol–water partition coefficient (Wildman–Crippen LogP) is 2.53. The Bertz CT molecular complexity index is 866. The number of anilines is 1. The number of halogens is 2. The van der Waals surface area contributed by atoms with Crippen LogP contribution in [0.4, 0.5) is 14.7 Å². The number of H-pyrrole nitrogens is 1. The summed E-state index contributed by atoms with van der Waals surface area (Å²) < 4.78 is 34.7. The van der Waals surface area contributed by atoms with Crippen molar-refractivity contribution in [3.05, 3.63) is 42.2 Å². The van der Waals surface area contributed by atoms with Crippen LogP contribution in [0.1, 0.15) is 10.4 Å². The van der Waals surface area contributed by atoms with Gasteiger partial charge in [0.05, 0.1) is 16.6 Å². The molecule has 23 heavy (non-hydrogen) atoms. The number of fused-ring (bicyclic) bond motifs is 2. The molecule has 116 valence electrons. The van der Waals surface area contributed by atoms with Crippen molar-refractivity contribution in [3.63, 3.8) is 0 Å². The van der Waals surface area contributed by atoms with Gasteiger partial charge in [-0.05, 0) is 12.1 Å². The fourth-order valence-corrected chi connectivity index (χ4v) is 2.19. The molecule has 0 spiro atoms. The molecule has 7 nitrogen and oxygen atoms in total. The van der Waals surface area contributed by atoms with Gasteiger partial charge in [0.2, 0.25) is 5.95 Å². The average Bonchev–Trinajstić information content (AvgIpc) is 3.02. The first-order valence-electron chi connectivity index (χ1n) is 6.51. The molecule has 1 aliphatic rings. The molecule has 0 saturated carbocycles. The lowest BCUT2D eigenvalue weighted by Crippen LogP contribution is -2.25. The zero-order chi connectivity index (χ0) is 16.0. The van der Waals surface area contributed by atoms with E-state index >= 15 is 0 Å². The third-order valence-corrected chi connectivity index (χ3v) is 3.16. The average molecular weight is 318 g/mol. The van der Waals surface area contributed by atoms with E-state index in [0.717, 1.165) is 0 Å². The van der Waals surface area contributed by atoms with E-state index in [4.69, 9.17) is 0 Å². The number of alkyl halides is 2. The maximum absolute atomic E-state index is 13.0. The number of amides is 1. The van der Waals surface area contributed by atoms with Gasteiger partial charge in [-0.1, -0.05) is 0 Å². The number of carbonyl (C=O) groups excluding carboxylic acids is 1. The van der Waals surface area contributed by atoms with E-state index in [9.17, 15) is 13.6 Å². The highest BCUT2D eigenvalue weighted by Gasteiger charge is 2.43. The Morgan fingerprint density at radius 1 is 1.26 bits per heavy atom. The molecule has 0 atom stereocenters. The second-order valence-electron chi connectivity index (χ2n) is 4.76. The normalized spacial score (nSPS) is 14.9. The molecule has 0 fully saturated rings. The van der Waals surface area contributed by atoms with Gasteiger partial charge in [0.1, 0.15) is 0 Å². The van der Waals surface area contributed by atoms with E-state index in [1.807, 2.05) is 0 Å². The van der Waals surface area contributed by atoms with Crippen molar-refractivity contribution in [2.24, 2.45) is 0 Å². The van der Waals surface area contributed by atoms with Gasteiger partial charge in [-0.3, -0.25) is 15.1 Å².